The number of rotatable bonds is 6. The van der Waals surface area contributed by atoms with Gasteiger partial charge in [0.15, 0.2) is 4.73 Å². The summed E-state index contributed by atoms with van der Waals surface area (Å²) in [7, 11) is 0. The summed E-state index contributed by atoms with van der Waals surface area (Å²) in [6.45, 7) is 2.24. The third-order valence-corrected chi connectivity index (χ3v) is 2.65. The van der Waals surface area contributed by atoms with Gasteiger partial charge in [-0.2, -0.15) is 0 Å². The molecule has 0 unspecified atom stereocenters. The van der Waals surface area contributed by atoms with Gasteiger partial charge in [-0.1, -0.05) is 32.6 Å². The Morgan fingerprint density at radius 3 is 2.36 bits per heavy atom. The molecule has 0 amide bonds. The highest BCUT2D eigenvalue weighted by Crippen LogP contribution is 2.08. The minimum atomic E-state index is 0.673. The van der Waals surface area contributed by atoms with Crippen molar-refractivity contribution in [3.8, 4) is 0 Å². The standard InChI is InChI=1S/C11H17BrN2/c1-2-3-4-5-6-7-10-8-13-11(12)14-9-10/h8-9H,2-7H2,1H3. The molecule has 0 aromatic carbocycles. The van der Waals surface area contributed by atoms with Gasteiger partial charge in [-0.05, 0) is 34.3 Å². The number of aryl methyl sites for hydroxylation is 1. The van der Waals surface area contributed by atoms with E-state index in [-0.39, 0.29) is 0 Å². The first-order chi connectivity index (χ1) is 6.83. The minimum Gasteiger partial charge on any atom is -0.230 e. The van der Waals surface area contributed by atoms with Crippen LogP contribution in [0.5, 0.6) is 0 Å². The molecule has 1 aromatic heterocycles. The van der Waals surface area contributed by atoms with Gasteiger partial charge >= 0.3 is 0 Å². The molecule has 0 bridgehead atoms. The number of aromatic nitrogens is 2. The van der Waals surface area contributed by atoms with E-state index in [0.29, 0.717) is 4.73 Å². The highest BCUT2D eigenvalue weighted by Gasteiger charge is 1.95. The van der Waals surface area contributed by atoms with Crippen LogP contribution in [-0.2, 0) is 6.42 Å². The Morgan fingerprint density at radius 1 is 1.07 bits per heavy atom. The molecule has 0 saturated carbocycles. The van der Waals surface area contributed by atoms with Crippen molar-refractivity contribution < 1.29 is 0 Å². The molecule has 0 saturated heterocycles. The van der Waals surface area contributed by atoms with Crippen LogP contribution in [0, 0.1) is 0 Å². The van der Waals surface area contributed by atoms with E-state index < -0.39 is 0 Å². The Kier molecular flexibility index (Phi) is 5.76. The molecule has 1 heterocycles. The van der Waals surface area contributed by atoms with Gasteiger partial charge in [-0.25, -0.2) is 9.97 Å². The Labute approximate surface area is 94.3 Å². The van der Waals surface area contributed by atoms with Crippen molar-refractivity contribution in [2.75, 3.05) is 0 Å². The van der Waals surface area contributed by atoms with Gasteiger partial charge in [-0.3, -0.25) is 0 Å². The lowest BCUT2D eigenvalue weighted by Gasteiger charge is -2.00. The Hall–Kier alpha value is -0.440. The average molecular weight is 257 g/mol. The van der Waals surface area contributed by atoms with Crippen LogP contribution >= 0.6 is 15.9 Å². The van der Waals surface area contributed by atoms with Crippen molar-refractivity contribution in [2.45, 2.75) is 45.4 Å². The van der Waals surface area contributed by atoms with Gasteiger partial charge in [0.25, 0.3) is 0 Å². The molecule has 14 heavy (non-hydrogen) atoms. The van der Waals surface area contributed by atoms with Gasteiger partial charge in [0, 0.05) is 12.4 Å². The molecule has 0 fully saturated rings. The third-order valence-electron chi connectivity index (χ3n) is 2.24. The Bertz CT molecular complexity index is 246. The molecule has 0 aliphatic heterocycles. The molecule has 1 aromatic rings. The zero-order valence-corrected chi connectivity index (χ0v) is 10.3. The Balaban J connectivity index is 2.15. The van der Waals surface area contributed by atoms with E-state index >= 15 is 0 Å². The van der Waals surface area contributed by atoms with Crippen molar-refractivity contribution in [1.82, 2.24) is 9.97 Å². The van der Waals surface area contributed by atoms with Crippen molar-refractivity contribution in [3.05, 3.63) is 22.7 Å². The van der Waals surface area contributed by atoms with Gasteiger partial charge in [0.2, 0.25) is 0 Å². The first-order valence-electron chi connectivity index (χ1n) is 5.29. The first kappa shape index (κ1) is 11.6. The number of hydrogen-bond donors (Lipinski definition) is 0. The zero-order valence-electron chi connectivity index (χ0n) is 8.67. The summed E-state index contributed by atoms with van der Waals surface area (Å²) in [5.74, 6) is 0. The van der Waals surface area contributed by atoms with Crippen LogP contribution in [0.25, 0.3) is 0 Å². The minimum absolute atomic E-state index is 0.673. The number of halogens is 1. The molecule has 0 radical (unpaired) electrons. The summed E-state index contributed by atoms with van der Waals surface area (Å²) in [5, 5.41) is 0. The molecule has 0 N–H and O–H groups in total. The normalized spacial score (nSPS) is 10.4. The summed E-state index contributed by atoms with van der Waals surface area (Å²) >= 11 is 3.23. The fraction of sp³-hybridized carbons (Fsp3) is 0.636. The summed E-state index contributed by atoms with van der Waals surface area (Å²) < 4.78 is 0.673. The maximum absolute atomic E-state index is 4.10. The van der Waals surface area contributed by atoms with Crippen LogP contribution in [0.3, 0.4) is 0 Å². The highest BCUT2D eigenvalue weighted by atomic mass is 79.9. The van der Waals surface area contributed by atoms with E-state index in [2.05, 4.69) is 32.8 Å². The van der Waals surface area contributed by atoms with Gasteiger partial charge in [0.05, 0.1) is 0 Å². The predicted octanol–water partition coefficient (Wildman–Crippen LogP) is 3.75. The lowest BCUT2D eigenvalue weighted by atomic mass is 10.1. The summed E-state index contributed by atoms with van der Waals surface area (Å²) in [6, 6.07) is 0. The second-order valence-electron chi connectivity index (χ2n) is 3.52. The van der Waals surface area contributed by atoms with E-state index in [1.807, 2.05) is 12.4 Å². The molecule has 1 rings (SSSR count). The van der Waals surface area contributed by atoms with E-state index in [1.165, 1.54) is 37.7 Å². The molecular formula is C11H17BrN2. The van der Waals surface area contributed by atoms with Gasteiger partial charge in [0.1, 0.15) is 0 Å². The Morgan fingerprint density at radius 2 is 1.71 bits per heavy atom. The molecule has 3 heteroatoms. The fourth-order valence-electron chi connectivity index (χ4n) is 1.40. The summed E-state index contributed by atoms with van der Waals surface area (Å²) in [4.78, 5) is 8.20. The molecule has 2 nitrogen and oxygen atoms in total. The number of hydrogen-bond acceptors (Lipinski definition) is 2. The largest absolute Gasteiger partial charge is 0.230 e. The molecule has 0 spiro atoms. The van der Waals surface area contributed by atoms with Crippen molar-refractivity contribution >= 4 is 15.9 Å². The highest BCUT2D eigenvalue weighted by molar-refractivity contribution is 9.10. The number of unbranched alkanes of at least 4 members (excludes halogenated alkanes) is 4. The van der Waals surface area contributed by atoms with Crippen molar-refractivity contribution in [2.24, 2.45) is 0 Å². The van der Waals surface area contributed by atoms with E-state index in [0.717, 1.165) is 6.42 Å². The maximum atomic E-state index is 4.10. The second kappa shape index (κ2) is 6.93. The second-order valence-corrected chi connectivity index (χ2v) is 4.23. The van der Waals surface area contributed by atoms with Crippen LogP contribution in [0.1, 0.15) is 44.6 Å². The van der Waals surface area contributed by atoms with Crippen LogP contribution < -0.4 is 0 Å². The van der Waals surface area contributed by atoms with Crippen LogP contribution in [0.2, 0.25) is 0 Å². The molecule has 0 aliphatic rings. The first-order valence-corrected chi connectivity index (χ1v) is 6.08. The molecule has 0 atom stereocenters. The topological polar surface area (TPSA) is 25.8 Å². The molecular weight excluding hydrogens is 240 g/mol. The zero-order chi connectivity index (χ0) is 10.2. The van der Waals surface area contributed by atoms with E-state index in [4.69, 9.17) is 0 Å². The number of nitrogens with zero attached hydrogens (tertiary/aromatic N) is 2. The lowest BCUT2D eigenvalue weighted by Crippen LogP contribution is -1.90. The maximum Gasteiger partial charge on any atom is 0.196 e. The molecule has 78 valence electrons. The summed E-state index contributed by atoms with van der Waals surface area (Å²) in [6.07, 6.45) is 11.5. The van der Waals surface area contributed by atoms with Crippen LogP contribution in [-0.4, -0.2) is 9.97 Å². The van der Waals surface area contributed by atoms with E-state index in [9.17, 15) is 0 Å². The molecule has 0 aliphatic carbocycles. The average Bonchev–Trinajstić information content (AvgIpc) is 2.21. The quantitative estimate of drug-likeness (QED) is 0.573. The van der Waals surface area contributed by atoms with E-state index in [1.54, 1.807) is 0 Å². The van der Waals surface area contributed by atoms with Crippen molar-refractivity contribution in [3.63, 3.8) is 0 Å². The monoisotopic (exact) mass is 256 g/mol. The lowest BCUT2D eigenvalue weighted by molar-refractivity contribution is 0.631. The van der Waals surface area contributed by atoms with Crippen molar-refractivity contribution in [1.29, 1.82) is 0 Å². The third kappa shape index (κ3) is 4.70. The SMILES string of the molecule is CCCCCCCc1cnc(Br)nc1. The summed E-state index contributed by atoms with van der Waals surface area (Å²) in [5.41, 5.74) is 1.24. The van der Waals surface area contributed by atoms with Crippen LogP contribution in [0.15, 0.2) is 17.1 Å². The predicted molar refractivity (Wildman–Crippen MR) is 62.2 cm³/mol. The van der Waals surface area contributed by atoms with Gasteiger partial charge in [-0.15, -0.1) is 0 Å². The van der Waals surface area contributed by atoms with Gasteiger partial charge < -0.3 is 0 Å². The van der Waals surface area contributed by atoms with Crippen LogP contribution in [0.4, 0.5) is 0 Å². The smallest absolute Gasteiger partial charge is 0.196 e. The fourth-order valence-corrected chi connectivity index (χ4v) is 1.61.